The number of rotatable bonds is 8. The number of nitrogens with one attached hydrogen (secondary N) is 1. The molecule has 0 aromatic carbocycles. The zero-order valence-corrected chi connectivity index (χ0v) is 12.7. The van der Waals surface area contributed by atoms with Gasteiger partial charge in [0.25, 0.3) is 0 Å². The van der Waals surface area contributed by atoms with Gasteiger partial charge >= 0.3 is 0 Å². The highest BCUT2D eigenvalue weighted by atomic mass is 16.5. The van der Waals surface area contributed by atoms with Crippen LogP contribution in [0.4, 0.5) is 0 Å². The van der Waals surface area contributed by atoms with Gasteiger partial charge in [-0.2, -0.15) is 0 Å². The Morgan fingerprint density at radius 2 is 2.00 bits per heavy atom. The SMILES string of the molecule is CC(C)CCOCCNCC1CCC2(CCCC2)O1. The lowest BCUT2D eigenvalue weighted by Crippen LogP contribution is -2.32. The molecule has 2 aliphatic rings. The average molecular weight is 269 g/mol. The van der Waals surface area contributed by atoms with Crippen LogP contribution in [0.15, 0.2) is 0 Å². The first-order chi connectivity index (χ1) is 9.20. The van der Waals surface area contributed by atoms with Crippen molar-refractivity contribution in [3.8, 4) is 0 Å². The molecule has 1 saturated carbocycles. The van der Waals surface area contributed by atoms with Gasteiger partial charge in [0.15, 0.2) is 0 Å². The zero-order chi connectivity index (χ0) is 13.6. The van der Waals surface area contributed by atoms with Gasteiger partial charge in [-0.1, -0.05) is 26.7 Å². The van der Waals surface area contributed by atoms with Crippen molar-refractivity contribution in [2.45, 2.75) is 70.5 Å². The molecule has 0 aromatic rings. The van der Waals surface area contributed by atoms with E-state index in [9.17, 15) is 0 Å². The Labute approximate surface area is 118 Å². The second-order valence-electron chi connectivity index (χ2n) is 6.67. The third-order valence-electron chi connectivity index (χ3n) is 4.49. The maximum Gasteiger partial charge on any atom is 0.0708 e. The molecule has 1 aliphatic carbocycles. The highest BCUT2D eigenvalue weighted by Gasteiger charge is 2.41. The second kappa shape index (κ2) is 7.61. The van der Waals surface area contributed by atoms with Crippen LogP contribution in [0, 0.1) is 5.92 Å². The first kappa shape index (κ1) is 15.3. The van der Waals surface area contributed by atoms with E-state index in [-0.39, 0.29) is 5.60 Å². The summed E-state index contributed by atoms with van der Waals surface area (Å²) in [4.78, 5) is 0. The maximum absolute atomic E-state index is 6.27. The highest BCUT2D eigenvalue weighted by molar-refractivity contribution is 4.93. The lowest BCUT2D eigenvalue weighted by molar-refractivity contribution is -0.0354. The Bertz CT molecular complexity index is 249. The quantitative estimate of drug-likeness (QED) is 0.687. The highest BCUT2D eigenvalue weighted by Crippen LogP contribution is 2.43. The predicted molar refractivity (Wildman–Crippen MR) is 78.4 cm³/mol. The molecule has 2 rings (SSSR count). The number of ether oxygens (including phenoxy) is 2. The molecule has 1 unspecified atom stereocenters. The molecular formula is C16H31NO2. The van der Waals surface area contributed by atoms with Crippen molar-refractivity contribution >= 4 is 0 Å². The topological polar surface area (TPSA) is 30.5 Å². The van der Waals surface area contributed by atoms with Crippen LogP contribution in [0.25, 0.3) is 0 Å². The predicted octanol–water partition coefficient (Wildman–Crippen LogP) is 3.13. The molecule has 1 saturated heterocycles. The van der Waals surface area contributed by atoms with E-state index in [1.165, 1.54) is 38.5 Å². The van der Waals surface area contributed by atoms with Gasteiger partial charge in [-0.3, -0.25) is 0 Å². The maximum atomic E-state index is 6.27. The second-order valence-corrected chi connectivity index (χ2v) is 6.67. The minimum Gasteiger partial charge on any atom is -0.380 e. The molecular weight excluding hydrogens is 238 g/mol. The van der Waals surface area contributed by atoms with E-state index in [0.717, 1.165) is 38.6 Å². The molecule has 1 spiro atoms. The molecule has 1 atom stereocenters. The van der Waals surface area contributed by atoms with Crippen molar-refractivity contribution in [3.05, 3.63) is 0 Å². The summed E-state index contributed by atoms with van der Waals surface area (Å²) in [6.45, 7) is 8.13. The van der Waals surface area contributed by atoms with Gasteiger partial charge < -0.3 is 14.8 Å². The van der Waals surface area contributed by atoms with E-state index in [1.54, 1.807) is 0 Å². The van der Waals surface area contributed by atoms with Gasteiger partial charge in [0.2, 0.25) is 0 Å². The molecule has 1 heterocycles. The van der Waals surface area contributed by atoms with E-state index >= 15 is 0 Å². The summed E-state index contributed by atoms with van der Waals surface area (Å²) in [5.74, 6) is 0.738. The first-order valence-corrected chi connectivity index (χ1v) is 8.16. The summed E-state index contributed by atoms with van der Waals surface area (Å²) < 4.78 is 11.9. The summed E-state index contributed by atoms with van der Waals surface area (Å²) in [5, 5.41) is 3.47. The molecule has 112 valence electrons. The third-order valence-corrected chi connectivity index (χ3v) is 4.49. The molecule has 3 heteroatoms. The molecule has 0 amide bonds. The Morgan fingerprint density at radius 1 is 1.21 bits per heavy atom. The van der Waals surface area contributed by atoms with Gasteiger partial charge in [-0.05, 0) is 38.0 Å². The summed E-state index contributed by atoms with van der Waals surface area (Å²) in [7, 11) is 0. The summed E-state index contributed by atoms with van der Waals surface area (Å²) in [6.07, 6.45) is 9.44. The molecule has 3 nitrogen and oxygen atoms in total. The van der Waals surface area contributed by atoms with Crippen molar-refractivity contribution in [1.29, 1.82) is 0 Å². The fraction of sp³-hybridized carbons (Fsp3) is 1.00. The minimum atomic E-state index is 0.278. The lowest BCUT2D eigenvalue weighted by atomic mass is 9.98. The van der Waals surface area contributed by atoms with Crippen molar-refractivity contribution in [2.24, 2.45) is 5.92 Å². The summed E-state index contributed by atoms with van der Waals surface area (Å²) >= 11 is 0. The Kier molecular flexibility index (Phi) is 6.11. The van der Waals surface area contributed by atoms with Crippen LogP contribution in [-0.4, -0.2) is 38.0 Å². The number of hydrogen-bond acceptors (Lipinski definition) is 3. The van der Waals surface area contributed by atoms with Gasteiger partial charge in [0, 0.05) is 19.7 Å². The van der Waals surface area contributed by atoms with E-state index in [0.29, 0.717) is 6.10 Å². The zero-order valence-electron chi connectivity index (χ0n) is 12.7. The molecule has 0 bridgehead atoms. The van der Waals surface area contributed by atoms with E-state index < -0.39 is 0 Å². The van der Waals surface area contributed by atoms with Gasteiger partial charge in [0.05, 0.1) is 18.3 Å². The molecule has 0 radical (unpaired) electrons. The monoisotopic (exact) mass is 269 g/mol. The standard InChI is InChI=1S/C16H31NO2/c1-14(2)6-11-18-12-10-17-13-15-5-9-16(19-15)7-3-4-8-16/h14-15,17H,3-13H2,1-2H3. The smallest absolute Gasteiger partial charge is 0.0708 e. The van der Waals surface area contributed by atoms with Crippen LogP contribution in [0.5, 0.6) is 0 Å². The number of hydrogen-bond donors (Lipinski definition) is 1. The summed E-state index contributed by atoms with van der Waals surface area (Å²) in [5.41, 5.74) is 0.278. The lowest BCUT2D eigenvalue weighted by Gasteiger charge is -2.23. The van der Waals surface area contributed by atoms with E-state index in [1.807, 2.05) is 0 Å². The molecule has 0 aromatic heterocycles. The third kappa shape index (κ3) is 5.05. The van der Waals surface area contributed by atoms with Crippen LogP contribution < -0.4 is 5.32 Å². The van der Waals surface area contributed by atoms with Gasteiger partial charge in [0.1, 0.15) is 0 Å². The van der Waals surface area contributed by atoms with Crippen LogP contribution in [-0.2, 0) is 9.47 Å². The van der Waals surface area contributed by atoms with Gasteiger partial charge in [-0.15, -0.1) is 0 Å². The van der Waals surface area contributed by atoms with Crippen LogP contribution >= 0.6 is 0 Å². The van der Waals surface area contributed by atoms with Crippen molar-refractivity contribution in [2.75, 3.05) is 26.3 Å². The Hall–Kier alpha value is -0.120. The van der Waals surface area contributed by atoms with Crippen molar-refractivity contribution in [1.82, 2.24) is 5.32 Å². The van der Waals surface area contributed by atoms with Crippen LogP contribution in [0.2, 0.25) is 0 Å². The van der Waals surface area contributed by atoms with Crippen molar-refractivity contribution in [3.63, 3.8) is 0 Å². The molecule has 19 heavy (non-hydrogen) atoms. The normalized spacial score (nSPS) is 25.7. The van der Waals surface area contributed by atoms with Crippen LogP contribution in [0.3, 0.4) is 0 Å². The average Bonchev–Trinajstić information content (AvgIpc) is 2.99. The molecule has 2 fully saturated rings. The van der Waals surface area contributed by atoms with Crippen LogP contribution in [0.1, 0.15) is 58.8 Å². The largest absolute Gasteiger partial charge is 0.380 e. The van der Waals surface area contributed by atoms with E-state index in [4.69, 9.17) is 9.47 Å². The first-order valence-electron chi connectivity index (χ1n) is 8.16. The minimum absolute atomic E-state index is 0.278. The van der Waals surface area contributed by atoms with Gasteiger partial charge in [-0.25, -0.2) is 0 Å². The fourth-order valence-corrected chi connectivity index (χ4v) is 3.25. The fourth-order valence-electron chi connectivity index (χ4n) is 3.25. The molecule has 1 N–H and O–H groups in total. The summed E-state index contributed by atoms with van der Waals surface area (Å²) in [6, 6.07) is 0. The molecule has 1 aliphatic heterocycles. The Morgan fingerprint density at radius 3 is 2.74 bits per heavy atom. The Balaban J connectivity index is 1.46. The van der Waals surface area contributed by atoms with Crippen molar-refractivity contribution < 1.29 is 9.47 Å². The van der Waals surface area contributed by atoms with E-state index in [2.05, 4.69) is 19.2 Å².